The third-order valence-corrected chi connectivity index (χ3v) is 3.40. The predicted octanol–water partition coefficient (Wildman–Crippen LogP) is 2.09. The van der Waals surface area contributed by atoms with Gasteiger partial charge < -0.3 is 5.32 Å². The third-order valence-electron chi connectivity index (χ3n) is 2.07. The van der Waals surface area contributed by atoms with Crippen molar-refractivity contribution >= 4 is 17.5 Å². The molecule has 1 atom stereocenters. The quantitative estimate of drug-likeness (QED) is 0.806. The molecule has 0 bridgehead atoms. The Morgan fingerprint density at radius 2 is 2.29 bits per heavy atom. The third kappa shape index (κ3) is 1.90. The van der Waals surface area contributed by atoms with E-state index in [0.29, 0.717) is 11.3 Å². The maximum atomic E-state index is 4.25. The van der Waals surface area contributed by atoms with Crippen LogP contribution in [0.5, 0.6) is 0 Å². The van der Waals surface area contributed by atoms with Crippen LogP contribution in [0.15, 0.2) is 24.0 Å². The molecule has 1 aliphatic rings. The highest BCUT2D eigenvalue weighted by Crippen LogP contribution is 2.29. The molecule has 0 saturated heterocycles. The molecule has 0 radical (unpaired) electrons. The number of thioether (sulfide) groups is 1. The van der Waals surface area contributed by atoms with Gasteiger partial charge in [-0.2, -0.15) is 0 Å². The molecular weight excluding hydrogens is 194 g/mol. The summed E-state index contributed by atoms with van der Waals surface area (Å²) in [4.78, 5) is 8.29. The van der Waals surface area contributed by atoms with Crippen molar-refractivity contribution in [2.24, 2.45) is 5.92 Å². The first kappa shape index (κ1) is 9.52. The smallest absolute Gasteiger partial charge is 0.105 e. The summed E-state index contributed by atoms with van der Waals surface area (Å²) >= 11 is 1.81. The standard InChI is InChI=1S/C10H13N3S/c1-7(2)10-13-9(6-14-10)8-5-11-3-4-12-8/h3-7,10,13H,1-2H3. The molecule has 1 unspecified atom stereocenters. The summed E-state index contributed by atoms with van der Waals surface area (Å²) < 4.78 is 0. The van der Waals surface area contributed by atoms with Crippen molar-refractivity contribution in [3.63, 3.8) is 0 Å². The molecule has 3 nitrogen and oxygen atoms in total. The Balaban J connectivity index is 2.09. The van der Waals surface area contributed by atoms with E-state index in [-0.39, 0.29) is 0 Å². The van der Waals surface area contributed by atoms with E-state index in [9.17, 15) is 0 Å². The minimum atomic E-state index is 0.465. The Hall–Kier alpha value is -1.03. The van der Waals surface area contributed by atoms with E-state index in [1.807, 2.05) is 11.8 Å². The minimum Gasteiger partial charge on any atom is -0.371 e. The number of nitrogens with one attached hydrogen (secondary N) is 1. The Morgan fingerprint density at radius 1 is 1.43 bits per heavy atom. The summed E-state index contributed by atoms with van der Waals surface area (Å²) in [5.41, 5.74) is 2.00. The monoisotopic (exact) mass is 207 g/mol. The number of hydrogen-bond acceptors (Lipinski definition) is 4. The Labute approximate surface area is 88.0 Å². The maximum Gasteiger partial charge on any atom is 0.105 e. The van der Waals surface area contributed by atoms with Gasteiger partial charge in [0.15, 0.2) is 0 Å². The van der Waals surface area contributed by atoms with Crippen molar-refractivity contribution in [1.29, 1.82) is 0 Å². The fourth-order valence-corrected chi connectivity index (χ4v) is 2.24. The van der Waals surface area contributed by atoms with E-state index in [1.54, 1.807) is 18.6 Å². The van der Waals surface area contributed by atoms with Crippen LogP contribution in [0, 0.1) is 5.92 Å². The largest absolute Gasteiger partial charge is 0.371 e. The summed E-state index contributed by atoms with van der Waals surface area (Å²) in [6.45, 7) is 4.41. The molecule has 4 heteroatoms. The number of aromatic nitrogens is 2. The van der Waals surface area contributed by atoms with Crippen molar-refractivity contribution in [3.8, 4) is 0 Å². The minimum absolute atomic E-state index is 0.465. The van der Waals surface area contributed by atoms with Gasteiger partial charge in [0.2, 0.25) is 0 Å². The molecular formula is C10H13N3S. The maximum absolute atomic E-state index is 4.25. The molecule has 14 heavy (non-hydrogen) atoms. The lowest BCUT2D eigenvalue weighted by molar-refractivity contribution is 0.581. The van der Waals surface area contributed by atoms with Gasteiger partial charge in [0, 0.05) is 12.4 Å². The normalized spacial score (nSPS) is 20.8. The summed E-state index contributed by atoms with van der Waals surface area (Å²) in [5.74, 6) is 0.616. The summed E-state index contributed by atoms with van der Waals surface area (Å²) in [6.07, 6.45) is 5.18. The molecule has 0 aliphatic carbocycles. The topological polar surface area (TPSA) is 37.8 Å². The highest BCUT2D eigenvalue weighted by molar-refractivity contribution is 8.03. The van der Waals surface area contributed by atoms with Crippen molar-refractivity contribution in [3.05, 3.63) is 29.7 Å². The first-order chi connectivity index (χ1) is 6.77. The van der Waals surface area contributed by atoms with Crippen LogP contribution in [0.4, 0.5) is 0 Å². The lowest BCUT2D eigenvalue weighted by Crippen LogP contribution is -2.25. The molecule has 0 amide bonds. The number of rotatable bonds is 2. The van der Waals surface area contributed by atoms with Gasteiger partial charge in [-0.3, -0.25) is 9.97 Å². The summed E-state index contributed by atoms with van der Waals surface area (Å²) in [5, 5.41) is 6.01. The van der Waals surface area contributed by atoms with Crippen LogP contribution in [-0.4, -0.2) is 15.3 Å². The average Bonchev–Trinajstić information content (AvgIpc) is 2.68. The van der Waals surface area contributed by atoms with Crippen molar-refractivity contribution < 1.29 is 0 Å². The van der Waals surface area contributed by atoms with E-state index < -0.39 is 0 Å². The van der Waals surface area contributed by atoms with Crippen LogP contribution in [0.2, 0.25) is 0 Å². The zero-order chi connectivity index (χ0) is 9.97. The van der Waals surface area contributed by atoms with Crippen molar-refractivity contribution in [1.82, 2.24) is 15.3 Å². The average molecular weight is 207 g/mol. The molecule has 1 aliphatic heterocycles. The predicted molar refractivity (Wildman–Crippen MR) is 59.4 cm³/mol. The van der Waals surface area contributed by atoms with E-state index in [0.717, 1.165) is 11.4 Å². The lowest BCUT2D eigenvalue weighted by atomic mass is 10.2. The molecule has 1 aromatic rings. The molecule has 0 fully saturated rings. The van der Waals surface area contributed by atoms with Crippen molar-refractivity contribution in [2.45, 2.75) is 19.2 Å². The van der Waals surface area contributed by atoms with Crippen LogP contribution in [0.25, 0.3) is 5.70 Å². The van der Waals surface area contributed by atoms with Crippen LogP contribution in [-0.2, 0) is 0 Å². The highest BCUT2D eigenvalue weighted by Gasteiger charge is 2.20. The fraction of sp³-hybridized carbons (Fsp3) is 0.400. The van der Waals surface area contributed by atoms with Crippen LogP contribution in [0.3, 0.4) is 0 Å². The Morgan fingerprint density at radius 3 is 2.86 bits per heavy atom. The van der Waals surface area contributed by atoms with Gasteiger partial charge >= 0.3 is 0 Å². The summed E-state index contributed by atoms with van der Waals surface area (Å²) in [7, 11) is 0. The van der Waals surface area contributed by atoms with Gasteiger partial charge in [-0.15, -0.1) is 11.8 Å². The highest BCUT2D eigenvalue weighted by atomic mass is 32.2. The number of nitrogens with zero attached hydrogens (tertiary/aromatic N) is 2. The molecule has 0 aromatic carbocycles. The number of hydrogen-bond donors (Lipinski definition) is 1. The van der Waals surface area contributed by atoms with Crippen LogP contribution < -0.4 is 5.32 Å². The molecule has 74 valence electrons. The van der Waals surface area contributed by atoms with Gasteiger partial charge in [0.25, 0.3) is 0 Å². The second-order valence-electron chi connectivity index (χ2n) is 3.57. The molecule has 2 heterocycles. The molecule has 2 rings (SSSR count). The lowest BCUT2D eigenvalue weighted by Gasteiger charge is -2.15. The molecule has 0 spiro atoms. The van der Waals surface area contributed by atoms with E-state index in [2.05, 4.69) is 34.5 Å². The van der Waals surface area contributed by atoms with Gasteiger partial charge in [0.1, 0.15) is 5.69 Å². The first-order valence-electron chi connectivity index (χ1n) is 4.66. The first-order valence-corrected chi connectivity index (χ1v) is 5.60. The van der Waals surface area contributed by atoms with Crippen LogP contribution in [0.1, 0.15) is 19.5 Å². The van der Waals surface area contributed by atoms with Gasteiger partial charge in [-0.05, 0) is 11.3 Å². The van der Waals surface area contributed by atoms with Gasteiger partial charge in [0.05, 0.1) is 17.3 Å². The molecule has 1 aromatic heterocycles. The van der Waals surface area contributed by atoms with E-state index in [4.69, 9.17) is 0 Å². The van der Waals surface area contributed by atoms with E-state index in [1.165, 1.54) is 0 Å². The van der Waals surface area contributed by atoms with Gasteiger partial charge in [-0.25, -0.2) is 0 Å². The second kappa shape index (κ2) is 4.00. The summed E-state index contributed by atoms with van der Waals surface area (Å²) in [6, 6.07) is 0. The zero-order valence-electron chi connectivity index (χ0n) is 8.27. The molecule has 1 N–H and O–H groups in total. The second-order valence-corrected chi connectivity index (χ2v) is 4.58. The zero-order valence-corrected chi connectivity index (χ0v) is 9.08. The Bertz CT molecular complexity index is 334. The van der Waals surface area contributed by atoms with Gasteiger partial charge in [-0.1, -0.05) is 13.8 Å². The SMILES string of the molecule is CC(C)C1NC(c2cnccn2)=CS1. The van der Waals surface area contributed by atoms with Crippen molar-refractivity contribution in [2.75, 3.05) is 0 Å². The fourth-order valence-electron chi connectivity index (χ4n) is 1.26. The molecule has 0 saturated carbocycles. The Kier molecular flexibility index (Phi) is 2.72. The van der Waals surface area contributed by atoms with E-state index >= 15 is 0 Å². The van der Waals surface area contributed by atoms with Crippen LogP contribution >= 0.6 is 11.8 Å².